The highest BCUT2D eigenvalue weighted by Crippen LogP contribution is 2.40. The number of hydrogen-bond acceptors (Lipinski definition) is 5. The molecule has 3 heterocycles. The van der Waals surface area contributed by atoms with Crippen LogP contribution in [0.2, 0.25) is 5.15 Å². The van der Waals surface area contributed by atoms with Crippen LogP contribution in [0, 0.1) is 17.7 Å². The minimum Gasteiger partial charge on any atom is -0.444 e. The normalized spacial score (nSPS) is 20.4. The molecule has 1 saturated carbocycles. The Labute approximate surface area is 242 Å². The van der Waals surface area contributed by atoms with Gasteiger partial charge in [0.05, 0.1) is 5.39 Å². The first-order chi connectivity index (χ1) is 18.6. The van der Waals surface area contributed by atoms with E-state index in [0.717, 1.165) is 53.5 Å². The molecule has 0 bridgehead atoms. The maximum absolute atomic E-state index is 13.3. The number of halogens is 3. The quantitative estimate of drug-likeness (QED) is 0.261. The zero-order chi connectivity index (χ0) is 27.7. The van der Waals surface area contributed by atoms with Crippen LogP contribution >= 0.6 is 27.5 Å². The summed E-state index contributed by atoms with van der Waals surface area (Å²) < 4.78 is 22.2. The summed E-state index contributed by atoms with van der Waals surface area (Å²) in [6.45, 7) is 9.93. The highest BCUT2D eigenvalue weighted by molar-refractivity contribution is 9.10. The first kappa shape index (κ1) is 28.3. The summed E-state index contributed by atoms with van der Waals surface area (Å²) in [6, 6.07) is 6.88. The molecule has 0 radical (unpaired) electrons. The molecule has 5 rings (SSSR count). The van der Waals surface area contributed by atoms with Crippen LogP contribution in [0.4, 0.5) is 9.18 Å². The predicted molar refractivity (Wildman–Crippen MR) is 154 cm³/mol. The molecule has 1 amide bonds. The van der Waals surface area contributed by atoms with Crippen molar-refractivity contribution >= 4 is 44.7 Å². The van der Waals surface area contributed by atoms with Gasteiger partial charge >= 0.3 is 6.09 Å². The summed E-state index contributed by atoms with van der Waals surface area (Å²) >= 11 is 9.94. The van der Waals surface area contributed by atoms with Crippen LogP contribution in [0.25, 0.3) is 11.0 Å². The van der Waals surface area contributed by atoms with E-state index in [0.29, 0.717) is 42.5 Å². The van der Waals surface area contributed by atoms with Crippen molar-refractivity contribution < 1.29 is 13.9 Å². The highest BCUT2D eigenvalue weighted by atomic mass is 79.9. The molecule has 2 aromatic heterocycles. The molecule has 1 aliphatic carbocycles. The third-order valence-corrected chi connectivity index (χ3v) is 8.57. The van der Waals surface area contributed by atoms with Gasteiger partial charge in [0.25, 0.3) is 0 Å². The Bertz CT molecular complexity index is 1310. The Kier molecular flexibility index (Phi) is 8.50. The van der Waals surface area contributed by atoms with Crippen molar-refractivity contribution in [3.63, 3.8) is 0 Å². The van der Waals surface area contributed by atoms with Crippen LogP contribution in [-0.4, -0.2) is 68.8 Å². The monoisotopic (exact) mass is 619 g/mol. The Morgan fingerprint density at radius 1 is 1.18 bits per heavy atom. The van der Waals surface area contributed by atoms with Crippen LogP contribution in [0.1, 0.15) is 51.6 Å². The van der Waals surface area contributed by atoms with Crippen LogP contribution in [0.15, 0.2) is 41.3 Å². The lowest BCUT2D eigenvalue weighted by atomic mass is 9.96. The number of carbonyl (C=O) groups excluding carboxylic acids is 1. The van der Waals surface area contributed by atoms with Crippen LogP contribution < -0.4 is 0 Å². The lowest BCUT2D eigenvalue weighted by Gasteiger charge is -2.43. The van der Waals surface area contributed by atoms with E-state index in [1.54, 1.807) is 12.1 Å². The summed E-state index contributed by atoms with van der Waals surface area (Å²) in [5.41, 5.74) is 1.35. The van der Waals surface area contributed by atoms with Gasteiger partial charge in [-0.25, -0.2) is 19.2 Å². The van der Waals surface area contributed by atoms with E-state index in [9.17, 15) is 9.18 Å². The van der Waals surface area contributed by atoms with Crippen molar-refractivity contribution in [2.45, 2.75) is 58.1 Å². The van der Waals surface area contributed by atoms with E-state index >= 15 is 0 Å². The Balaban J connectivity index is 1.13. The number of hydrogen-bond donors (Lipinski definition) is 0. The van der Waals surface area contributed by atoms with Gasteiger partial charge in [-0.15, -0.1) is 0 Å². The summed E-state index contributed by atoms with van der Waals surface area (Å²) in [6.07, 6.45) is 7.42. The molecule has 39 heavy (non-hydrogen) atoms. The van der Waals surface area contributed by atoms with E-state index in [4.69, 9.17) is 16.3 Å². The van der Waals surface area contributed by atoms with E-state index in [-0.39, 0.29) is 11.9 Å². The fourth-order valence-electron chi connectivity index (χ4n) is 5.87. The molecule has 2 unspecified atom stereocenters. The standard InChI is InChI=1S/C29H36BrClFN5O2/c1-29(2,3)39-28(38)36(11-10-19-4-7-22(32)8-5-19)16-21-14-35(15-21)13-20-6-9-23(12-20)37-17-24(30)25-26(31)33-18-34-27(25)37/h4-5,7-8,17-18,20-21,23H,6,9-16H2,1-3H3. The van der Waals surface area contributed by atoms with Gasteiger partial charge < -0.3 is 19.1 Å². The van der Waals surface area contributed by atoms with Gasteiger partial charge in [0.1, 0.15) is 28.5 Å². The minimum atomic E-state index is -0.548. The number of fused-ring (bicyclic) bond motifs is 1. The average molecular weight is 621 g/mol. The second-order valence-electron chi connectivity index (χ2n) is 12.0. The van der Waals surface area contributed by atoms with Gasteiger partial charge in [0.15, 0.2) is 0 Å². The van der Waals surface area contributed by atoms with Gasteiger partial charge in [0.2, 0.25) is 0 Å². The molecule has 2 fully saturated rings. The van der Waals surface area contributed by atoms with Crippen molar-refractivity contribution in [1.82, 2.24) is 24.3 Å². The molecule has 1 aliphatic heterocycles. The summed E-state index contributed by atoms with van der Waals surface area (Å²) in [4.78, 5) is 25.9. The maximum atomic E-state index is 13.3. The van der Waals surface area contributed by atoms with E-state index in [2.05, 4.69) is 41.6 Å². The molecule has 3 aromatic rings. The maximum Gasteiger partial charge on any atom is 0.410 e. The smallest absolute Gasteiger partial charge is 0.410 e. The lowest BCUT2D eigenvalue weighted by Crippen LogP contribution is -2.54. The zero-order valence-corrected chi connectivity index (χ0v) is 25.1. The number of amides is 1. The van der Waals surface area contributed by atoms with E-state index in [1.165, 1.54) is 24.9 Å². The van der Waals surface area contributed by atoms with Crippen LogP contribution in [-0.2, 0) is 11.2 Å². The van der Waals surface area contributed by atoms with Crippen molar-refractivity contribution in [2.24, 2.45) is 11.8 Å². The molecular formula is C29H36BrClFN5O2. The number of benzene rings is 1. The summed E-state index contributed by atoms with van der Waals surface area (Å²) in [5.74, 6) is 0.801. The number of ether oxygens (including phenoxy) is 1. The molecule has 1 aromatic carbocycles. The molecule has 210 valence electrons. The first-order valence-corrected chi connectivity index (χ1v) is 14.8. The molecule has 2 atom stereocenters. The zero-order valence-electron chi connectivity index (χ0n) is 22.7. The van der Waals surface area contributed by atoms with Crippen molar-refractivity contribution in [1.29, 1.82) is 0 Å². The van der Waals surface area contributed by atoms with Gasteiger partial charge in [-0.1, -0.05) is 23.7 Å². The van der Waals surface area contributed by atoms with Crippen molar-refractivity contribution in [2.75, 3.05) is 32.7 Å². The summed E-state index contributed by atoms with van der Waals surface area (Å²) in [5, 5.41) is 1.35. The second kappa shape index (κ2) is 11.7. The SMILES string of the molecule is CC(C)(C)OC(=O)N(CCc1ccc(F)cc1)CC1CN(CC2CCC(n3cc(Br)c4c(Cl)ncnc43)C2)C1. The van der Waals surface area contributed by atoms with Gasteiger partial charge in [0, 0.05) is 55.4 Å². The van der Waals surface area contributed by atoms with E-state index in [1.807, 2.05) is 25.7 Å². The Morgan fingerprint density at radius 2 is 1.92 bits per heavy atom. The predicted octanol–water partition coefficient (Wildman–Crippen LogP) is 6.74. The molecule has 0 spiro atoms. The molecule has 10 heteroatoms. The third-order valence-electron chi connectivity index (χ3n) is 7.69. The first-order valence-electron chi connectivity index (χ1n) is 13.7. The molecule has 2 aliphatic rings. The third kappa shape index (κ3) is 6.92. The van der Waals surface area contributed by atoms with Crippen molar-refractivity contribution in [3.05, 3.63) is 57.8 Å². The van der Waals surface area contributed by atoms with Crippen molar-refractivity contribution in [3.8, 4) is 0 Å². The molecule has 1 saturated heterocycles. The summed E-state index contributed by atoms with van der Waals surface area (Å²) in [7, 11) is 0. The number of aromatic nitrogens is 3. The second-order valence-corrected chi connectivity index (χ2v) is 13.2. The van der Waals surface area contributed by atoms with Gasteiger partial charge in [-0.05, 0) is 86.0 Å². The average Bonchev–Trinajstić information content (AvgIpc) is 3.44. The number of likely N-dealkylation sites (tertiary alicyclic amines) is 1. The topological polar surface area (TPSA) is 63.5 Å². The highest BCUT2D eigenvalue weighted by Gasteiger charge is 2.35. The number of carbonyl (C=O) groups is 1. The van der Waals surface area contributed by atoms with Gasteiger partial charge in [-0.3, -0.25) is 0 Å². The Morgan fingerprint density at radius 3 is 2.64 bits per heavy atom. The fourth-order valence-corrected chi connectivity index (χ4v) is 6.80. The molecular weight excluding hydrogens is 585 g/mol. The van der Waals surface area contributed by atoms with Crippen LogP contribution in [0.3, 0.4) is 0 Å². The van der Waals surface area contributed by atoms with E-state index < -0.39 is 5.60 Å². The van der Waals surface area contributed by atoms with Crippen LogP contribution in [0.5, 0.6) is 0 Å². The Hall–Kier alpha value is -2.23. The minimum absolute atomic E-state index is 0.251. The largest absolute Gasteiger partial charge is 0.444 e. The van der Waals surface area contributed by atoms with Gasteiger partial charge in [-0.2, -0.15) is 0 Å². The molecule has 0 N–H and O–H groups in total. The lowest BCUT2D eigenvalue weighted by molar-refractivity contribution is 0.00817. The fraction of sp³-hybridized carbons (Fsp3) is 0.552. The molecule has 7 nitrogen and oxygen atoms in total. The number of nitrogens with zero attached hydrogens (tertiary/aromatic N) is 5. The number of rotatable bonds is 8.